The summed E-state index contributed by atoms with van der Waals surface area (Å²) in [6.07, 6.45) is 3.65. The Hall–Kier alpha value is -3.46. The van der Waals surface area contributed by atoms with E-state index in [1.54, 1.807) is 18.3 Å². The summed E-state index contributed by atoms with van der Waals surface area (Å²) >= 11 is 1.43. The summed E-state index contributed by atoms with van der Waals surface area (Å²) in [6.45, 7) is 3.95. The van der Waals surface area contributed by atoms with E-state index in [9.17, 15) is 24.0 Å². The molecule has 40 heavy (non-hydrogen) atoms. The van der Waals surface area contributed by atoms with Crippen LogP contribution in [0.5, 0.6) is 0 Å². The molecule has 0 radical (unpaired) electrons. The maximum Gasteiger partial charge on any atom is 0.262 e. The Morgan fingerprint density at radius 2 is 1.70 bits per heavy atom. The van der Waals surface area contributed by atoms with E-state index in [1.807, 2.05) is 15.9 Å². The molecule has 13 nitrogen and oxygen atoms in total. The molecule has 2 unspecified atom stereocenters. The number of hydrogen-bond donors (Lipinski definition) is 4. The molecular formula is C26H32N8O5S. The van der Waals surface area contributed by atoms with Crippen LogP contribution >= 0.6 is 11.9 Å². The van der Waals surface area contributed by atoms with Gasteiger partial charge in [0.05, 0.1) is 11.1 Å². The number of piperidine rings is 2. The molecule has 6 rings (SSSR count). The molecule has 0 spiro atoms. The van der Waals surface area contributed by atoms with Crippen molar-refractivity contribution in [2.45, 2.75) is 37.4 Å². The molecule has 5 amide bonds. The molecule has 1 aromatic carbocycles. The number of amides is 5. The summed E-state index contributed by atoms with van der Waals surface area (Å²) < 4.78 is 1.88. The van der Waals surface area contributed by atoms with Crippen LogP contribution in [-0.2, 0) is 14.4 Å². The van der Waals surface area contributed by atoms with Crippen LogP contribution in [0.2, 0.25) is 0 Å². The molecule has 5 heterocycles. The van der Waals surface area contributed by atoms with Crippen LogP contribution in [-0.4, -0.2) is 94.7 Å². The second kappa shape index (κ2) is 10.5. The number of nitrogens with one attached hydrogen (secondary N) is 3. The van der Waals surface area contributed by atoms with Gasteiger partial charge in [-0.25, -0.2) is 0 Å². The zero-order chi connectivity index (χ0) is 28.0. The summed E-state index contributed by atoms with van der Waals surface area (Å²) in [5, 5.41) is 7.49. The van der Waals surface area contributed by atoms with Gasteiger partial charge in [-0.05, 0) is 62.5 Å². The number of nitrogens with two attached hydrogens (primary N) is 1. The topological polar surface area (TPSA) is 160 Å². The van der Waals surface area contributed by atoms with Gasteiger partial charge >= 0.3 is 0 Å². The minimum absolute atomic E-state index is 0.0413. The Balaban J connectivity index is 1.20. The third kappa shape index (κ3) is 4.26. The molecule has 3 fully saturated rings. The van der Waals surface area contributed by atoms with Crippen molar-refractivity contribution >= 4 is 47.2 Å². The van der Waals surface area contributed by atoms with Crippen LogP contribution in [0.25, 0.3) is 0 Å². The molecule has 5 N–H and O–H groups in total. The second-order valence-electron chi connectivity index (χ2n) is 10.6. The van der Waals surface area contributed by atoms with Crippen molar-refractivity contribution < 1.29 is 24.0 Å². The highest BCUT2D eigenvalue weighted by Crippen LogP contribution is 2.40. The van der Waals surface area contributed by atoms with Gasteiger partial charge in [0.25, 0.3) is 17.7 Å². The lowest BCUT2D eigenvalue weighted by Gasteiger charge is -2.53. The number of anilines is 1. The third-order valence-electron chi connectivity index (χ3n) is 8.56. The van der Waals surface area contributed by atoms with Crippen LogP contribution < -0.4 is 26.7 Å². The molecule has 0 bridgehead atoms. The highest BCUT2D eigenvalue weighted by Gasteiger charge is 2.55. The minimum Gasteiger partial charge on any atom is -0.369 e. The van der Waals surface area contributed by atoms with Crippen LogP contribution in [0.15, 0.2) is 29.8 Å². The van der Waals surface area contributed by atoms with Crippen molar-refractivity contribution in [2.75, 3.05) is 44.2 Å². The molecule has 212 valence electrons. The summed E-state index contributed by atoms with van der Waals surface area (Å²) in [5.74, 6) is -2.43. The summed E-state index contributed by atoms with van der Waals surface area (Å²) in [5.41, 5.74) is 9.67. The predicted octanol–water partition coefficient (Wildman–Crippen LogP) is -0.669. The Kier molecular flexibility index (Phi) is 7.02. The van der Waals surface area contributed by atoms with Crippen molar-refractivity contribution in [2.24, 2.45) is 11.7 Å². The molecule has 5 aliphatic rings. The first-order chi connectivity index (χ1) is 19.3. The molecule has 5 aliphatic heterocycles. The fourth-order valence-electron chi connectivity index (χ4n) is 6.59. The van der Waals surface area contributed by atoms with Crippen molar-refractivity contribution in [3.63, 3.8) is 0 Å². The molecule has 1 aromatic rings. The van der Waals surface area contributed by atoms with E-state index in [-0.39, 0.29) is 35.8 Å². The van der Waals surface area contributed by atoms with Gasteiger partial charge < -0.3 is 21.4 Å². The minimum atomic E-state index is -1.01. The van der Waals surface area contributed by atoms with E-state index in [1.165, 1.54) is 11.9 Å². The largest absolute Gasteiger partial charge is 0.369 e. The normalized spacial score (nSPS) is 26.1. The lowest BCUT2D eigenvalue weighted by Crippen LogP contribution is -2.74. The van der Waals surface area contributed by atoms with Crippen molar-refractivity contribution in [1.82, 2.24) is 30.3 Å². The quantitative estimate of drug-likeness (QED) is 0.255. The average Bonchev–Trinajstić information content (AvgIpc) is 3.58. The van der Waals surface area contributed by atoms with Gasteiger partial charge in [-0.1, -0.05) is 0 Å². The Morgan fingerprint density at radius 3 is 2.35 bits per heavy atom. The number of piperazine rings is 1. The fraction of sp³-hybridized carbons (Fsp3) is 0.500. The van der Waals surface area contributed by atoms with Crippen molar-refractivity contribution in [1.29, 1.82) is 0 Å². The first kappa shape index (κ1) is 26.7. The van der Waals surface area contributed by atoms with Gasteiger partial charge in [-0.2, -0.15) is 0 Å². The number of nitrogens with zero attached hydrogens (tertiary/aromatic N) is 4. The summed E-state index contributed by atoms with van der Waals surface area (Å²) in [6, 6.07) is 4.14. The molecule has 0 aliphatic carbocycles. The molecule has 14 heteroatoms. The van der Waals surface area contributed by atoms with Crippen LogP contribution in [0.1, 0.15) is 46.4 Å². The predicted molar refractivity (Wildman–Crippen MR) is 146 cm³/mol. The summed E-state index contributed by atoms with van der Waals surface area (Å²) in [4.78, 5) is 68.8. The zero-order valence-electron chi connectivity index (χ0n) is 21.9. The molecule has 0 saturated carbocycles. The van der Waals surface area contributed by atoms with E-state index in [2.05, 4.69) is 25.9 Å². The first-order valence-electron chi connectivity index (χ1n) is 13.6. The third-order valence-corrected chi connectivity index (χ3v) is 9.41. The Bertz CT molecular complexity index is 1280. The van der Waals surface area contributed by atoms with E-state index < -0.39 is 35.3 Å². The van der Waals surface area contributed by atoms with E-state index in [4.69, 9.17) is 5.73 Å². The van der Waals surface area contributed by atoms with Crippen LogP contribution in [0, 0.1) is 5.92 Å². The number of carbonyl (C=O) groups is 5. The standard InChI is InChI=1S/C26H32N8O5S/c27-25(39)26(34-29-9-14-40-34,16-5-7-28-8-6-16)32-12-10-31(11-13-32)17-1-2-18-19(15-17)24(38)33(23(18)37)20-3-4-21(35)30-22(20)36/h1-2,9,14-16,20,28-29H,3-8,10-13H2,(H2,27,39)(H,30,35,36). The Labute approximate surface area is 235 Å². The van der Waals surface area contributed by atoms with Gasteiger partial charge in [-0.15, -0.1) is 4.41 Å². The number of imide groups is 2. The SMILES string of the molecule is NC(=O)C(C1CCNCC1)(N1CCN(c2ccc3c(c2)C(=O)N(C2CCC(=O)NC2=O)C3=O)CC1)N1NC=CS1. The average molecular weight is 569 g/mol. The smallest absolute Gasteiger partial charge is 0.262 e. The lowest BCUT2D eigenvalue weighted by molar-refractivity contribution is -0.151. The van der Waals surface area contributed by atoms with E-state index >= 15 is 0 Å². The van der Waals surface area contributed by atoms with Gasteiger partial charge in [0.1, 0.15) is 6.04 Å². The lowest BCUT2D eigenvalue weighted by atomic mass is 9.82. The number of rotatable bonds is 6. The first-order valence-corrected chi connectivity index (χ1v) is 14.4. The number of hydrogen-bond acceptors (Lipinski definition) is 11. The molecule has 2 atom stereocenters. The highest BCUT2D eigenvalue weighted by atomic mass is 32.2. The molecule has 0 aromatic heterocycles. The summed E-state index contributed by atoms with van der Waals surface area (Å²) in [7, 11) is 0. The van der Waals surface area contributed by atoms with Crippen LogP contribution in [0.3, 0.4) is 0 Å². The van der Waals surface area contributed by atoms with E-state index in [0.717, 1.165) is 36.5 Å². The number of primary amides is 1. The van der Waals surface area contributed by atoms with Gasteiger partial charge in [0.15, 0.2) is 5.66 Å². The highest BCUT2D eigenvalue weighted by molar-refractivity contribution is 8.00. The molecule has 3 saturated heterocycles. The second-order valence-corrected chi connectivity index (χ2v) is 11.4. The maximum atomic E-state index is 13.3. The van der Waals surface area contributed by atoms with Gasteiger partial charge in [-0.3, -0.25) is 39.1 Å². The van der Waals surface area contributed by atoms with Gasteiger partial charge in [0, 0.05) is 55.8 Å². The van der Waals surface area contributed by atoms with Gasteiger partial charge in [0.2, 0.25) is 11.8 Å². The van der Waals surface area contributed by atoms with E-state index in [0.29, 0.717) is 26.2 Å². The van der Waals surface area contributed by atoms with Crippen molar-refractivity contribution in [3.05, 3.63) is 40.9 Å². The maximum absolute atomic E-state index is 13.3. The number of fused-ring (bicyclic) bond motifs is 1. The number of benzene rings is 1. The molecular weight excluding hydrogens is 536 g/mol. The Morgan fingerprint density at radius 1 is 0.975 bits per heavy atom. The van der Waals surface area contributed by atoms with Crippen LogP contribution in [0.4, 0.5) is 5.69 Å². The number of hydrazine groups is 1. The number of carbonyl (C=O) groups excluding carboxylic acids is 5. The fourth-order valence-corrected chi connectivity index (χ4v) is 7.47. The monoisotopic (exact) mass is 568 g/mol. The zero-order valence-corrected chi connectivity index (χ0v) is 22.7. The van der Waals surface area contributed by atoms with Crippen molar-refractivity contribution in [3.8, 4) is 0 Å².